The Balaban J connectivity index is 2.16. The van der Waals surface area contributed by atoms with E-state index in [4.69, 9.17) is 23.2 Å². The van der Waals surface area contributed by atoms with Crippen LogP contribution in [0.4, 0.5) is 0 Å². The van der Waals surface area contributed by atoms with Gasteiger partial charge in [0, 0.05) is 18.3 Å². The third-order valence-corrected chi connectivity index (χ3v) is 6.46. The summed E-state index contributed by atoms with van der Waals surface area (Å²) in [7, 11) is 0. The molecule has 1 atom stereocenters. The molecule has 0 heterocycles. The molecule has 31 heavy (non-hydrogen) atoms. The standard InChI is InChI=1S/C24H30Cl2N2O2S/c1-5-22(24(30)27-16(2)3)28(13-18-9-10-20(25)21(26)12-18)23(29)15-31-14-19-8-6-7-17(4)11-19/h6-12,16,22H,5,13-15H2,1-4H3,(H,27,30)/t22-/m0/s1. The molecule has 0 aliphatic rings. The minimum atomic E-state index is -0.552. The first-order valence-corrected chi connectivity index (χ1v) is 12.3. The van der Waals surface area contributed by atoms with Crippen LogP contribution in [0.25, 0.3) is 0 Å². The van der Waals surface area contributed by atoms with Crippen LogP contribution < -0.4 is 5.32 Å². The normalized spacial score (nSPS) is 12.0. The number of halogens is 2. The zero-order valence-electron chi connectivity index (χ0n) is 18.5. The van der Waals surface area contributed by atoms with Gasteiger partial charge in [0.25, 0.3) is 0 Å². The van der Waals surface area contributed by atoms with Crippen LogP contribution in [0.5, 0.6) is 0 Å². The highest BCUT2D eigenvalue weighted by atomic mass is 35.5. The molecule has 168 valence electrons. The fraction of sp³-hybridized carbons (Fsp3) is 0.417. The number of carbonyl (C=O) groups is 2. The van der Waals surface area contributed by atoms with Gasteiger partial charge in [-0.1, -0.05) is 66.0 Å². The number of hydrogen-bond donors (Lipinski definition) is 1. The maximum absolute atomic E-state index is 13.2. The van der Waals surface area contributed by atoms with E-state index < -0.39 is 6.04 Å². The molecule has 0 spiro atoms. The lowest BCUT2D eigenvalue weighted by atomic mass is 10.1. The summed E-state index contributed by atoms with van der Waals surface area (Å²) in [6.45, 7) is 8.09. The van der Waals surface area contributed by atoms with Gasteiger partial charge in [-0.15, -0.1) is 11.8 Å². The maximum Gasteiger partial charge on any atom is 0.243 e. The summed E-state index contributed by atoms with van der Waals surface area (Å²) < 4.78 is 0. The second-order valence-corrected chi connectivity index (χ2v) is 9.64. The lowest BCUT2D eigenvalue weighted by Crippen LogP contribution is -2.50. The first-order chi connectivity index (χ1) is 14.7. The number of amides is 2. The summed E-state index contributed by atoms with van der Waals surface area (Å²) in [5.74, 6) is 0.813. The predicted molar refractivity (Wildman–Crippen MR) is 132 cm³/mol. The summed E-state index contributed by atoms with van der Waals surface area (Å²) >= 11 is 13.8. The Morgan fingerprint density at radius 1 is 1.06 bits per heavy atom. The number of hydrogen-bond acceptors (Lipinski definition) is 3. The topological polar surface area (TPSA) is 49.4 Å². The molecule has 0 unspecified atom stereocenters. The molecule has 0 bridgehead atoms. The van der Waals surface area contributed by atoms with E-state index in [0.29, 0.717) is 28.8 Å². The van der Waals surface area contributed by atoms with E-state index in [1.165, 1.54) is 11.1 Å². The van der Waals surface area contributed by atoms with Crippen LogP contribution in [-0.2, 0) is 21.9 Å². The average Bonchev–Trinajstić information content (AvgIpc) is 2.70. The Labute approximate surface area is 199 Å². The van der Waals surface area contributed by atoms with Gasteiger partial charge in [-0.3, -0.25) is 9.59 Å². The van der Waals surface area contributed by atoms with Crippen molar-refractivity contribution in [3.63, 3.8) is 0 Å². The monoisotopic (exact) mass is 480 g/mol. The predicted octanol–water partition coefficient (Wildman–Crippen LogP) is 5.87. The molecule has 0 saturated carbocycles. The highest BCUT2D eigenvalue weighted by molar-refractivity contribution is 7.99. The number of thioether (sulfide) groups is 1. The molecule has 0 aliphatic carbocycles. The van der Waals surface area contributed by atoms with Crippen molar-refractivity contribution in [3.8, 4) is 0 Å². The maximum atomic E-state index is 13.2. The number of benzene rings is 2. The molecule has 0 aromatic heterocycles. The van der Waals surface area contributed by atoms with Gasteiger partial charge in [0.05, 0.1) is 15.8 Å². The summed E-state index contributed by atoms with van der Waals surface area (Å²) in [6, 6.07) is 13.0. The van der Waals surface area contributed by atoms with Crippen LogP contribution in [0.3, 0.4) is 0 Å². The summed E-state index contributed by atoms with van der Waals surface area (Å²) in [4.78, 5) is 27.7. The third-order valence-electron chi connectivity index (χ3n) is 4.73. The number of aryl methyl sites for hydroxylation is 1. The average molecular weight is 481 g/mol. The lowest BCUT2D eigenvalue weighted by molar-refractivity contribution is -0.139. The molecule has 2 aromatic carbocycles. The van der Waals surface area contributed by atoms with E-state index in [1.807, 2.05) is 32.9 Å². The number of rotatable bonds is 10. The molecular formula is C24H30Cl2N2O2S. The summed E-state index contributed by atoms with van der Waals surface area (Å²) in [5, 5.41) is 3.83. The van der Waals surface area contributed by atoms with Gasteiger partial charge in [-0.2, -0.15) is 0 Å². The van der Waals surface area contributed by atoms with Gasteiger partial charge in [0.1, 0.15) is 6.04 Å². The van der Waals surface area contributed by atoms with Gasteiger partial charge in [0.15, 0.2) is 0 Å². The van der Waals surface area contributed by atoms with Crippen LogP contribution in [-0.4, -0.2) is 34.6 Å². The second kappa shape index (κ2) is 12.4. The van der Waals surface area contributed by atoms with Crippen molar-refractivity contribution in [2.75, 3.05) is 5.75 Å². The largest absolute Gasteiger partial charge is 0.352 e. The highest BCUT2D eigenvalue weighted by Gasteiger charge is 2.29. The Morgan fingerprint density at radius 3 is 2.42 bits per heavy atom. The zero-order chi connectivity index (χ0) is 23.0. The molecule has 4 nitrogen and oxygen atoms in total. The van der Waals surface area contributed by atoms with E-state index in [1.54, 1.807) is 28.8 Å². The zero-order valence-corrected chi connectivity index (χ0v) is 20.8. The minimum Gasteiger partial charge on any atom is -0.352 e. The molecule has 2 rings (SSSR count). The van der Waals surface area contributed by atoms with Gasteiger partial charge in [-0.25, -0.2) is 0 Å². The fourth-order valence-electron chi connectivity index (χ4n) is 3.28. The molecule has 0 radical (unpaired) electrons. The quantitative estimate of drug-likeness (QED) is 0.462. The van der Waals surface area contributed by atoms with Crippen molar-refractivity contribution in [1.82, 2.24) is 10.2 Å². The molecule has 1 N–H and O–H groups in total. The van der Waals surface area contributed by atoms with E-state index in [0.717, 1.165) is 11.3 Å². The fourth-order valence-corrected chi connectivity index (χ4v) is 4.45. The van der Waals surface area contributed by atoms with Crippen molar-refractivity contribution in [1.29, 1.82) is 0 Å². The van der Waals surface area contributed by atoms with Crippen molar-refractivity contribution in [3.05, 3.63) is 69.2 Å². The Kier molecular flexibility index (Phi) is 10.2. The van der Waals surface area contributed by atoms with Crippen molar-refractivity contribution in [2.45, 2.75) is 58.5 Å². The van der Waals surface area contributed by atoms with Crippen LogP contribution in [0.2, 0.25) is 10.0 Å². The number of carbonyl (C=O) groups excluding carboxylic acids is 2. The first kappa shape index (κ1) is 25.6. The molecule has 7 heteroatoms. The molecule has 2 aromatic rings. The Hall–Kier alpha value is -1.69. The summed E-state index contributed by atoms with van der Waals surface area (Å²) in [6.07, 6.45) is 0.522. The molecule has 0 aliphatic heterocycles. The van der Waals surface area contributed by atoms with E-state index in [-0.39, 0.29) is 17.9 Å². The SMILES string of the molecule is CC[C@@H](C(=O)NC(C)C)N(Cc1ccc(Cl)c(Cl)c1)C(=O)CSCc1cccc(C)c1. The van der Waals surface area contributed by atoms with Crippen molar-refractivity contribution >= 4 is 46.8 Å². The van der Waals surface area contributed by atoms with Crippen molar-refractivity contribution in [2.24, 2.45) is 0 Å². The Morgan fingerprint density at radius 2 is 1.81 bits per heavy atom. The van der Waals surface area contributed by atoms with Crippen LogP contribution in [0.15, 0.2) is 42.5 Å². The van der Waals surface area contributed by atoms with E-state index in [2.05, 4.69) is 30.4 Å². The molecule has 2 amide bonds. The van der Waals surface area contributed by atoms with Gasteiger partial charge < -0.3 is 10.2 Å². The first-order valence-electron chi connectivity index (χ1n) is 10.4. The molecule has 0 fully saturated rings. The van der Waals surface area contributed by atoms with Crippen LogP contribution >= 0.6 is 35.0 Å². The number of nitrogens with one attached hydrogen (secondary N) is 1. The van der Waals surface area contributed by atoms with E-state index >= 15 is 0 Å². The van der Waals surface area contributed by atoms with Gasteiger partial charge >= 0.3 is 0 Å². The van der Waals surface area contributed by atoms with E-state index in [9.17, 15) is 9.59 Å². The molecular weight excluding hydrogens is 451 g/mol. The lowest BCUT2D eigenvalue weighted by Gasteiger charge is -2.31. The molecule has 0 saturated heterocycles. The summed E-state index contributed by atoms with van der Waals surface area (Å²) in [5.41, 5.74) is 3.21. The highest BCUT2D eigenvalue weighted by Crippen LogP contribution is 2.24. The van der Waals surface area contributed by atoms with Crippen LogP contribution in [0, 0.1) is 6.92 Å². The smallest absolute Gasteiger partial charge is 0.243 e. The second-order valence-electron chi connectivity index (χ2n) is 7.84. The number of nitrogens with zero attached hydrogens (tertiary/aromatic N) is 1. The Bertz CT molecular complexity index is 905. The van der Waals surface area contributed by atoms with Gasteiger partial charge in [0.2, 0.25) is 11.8 Å². The van der Waals surface area contributed by atoms with Crippen molar-refractivity contribution < 1.29 is 9.59 Å². The van der Waals surface area contributed by atoms with Gasteiger partial charge in [-0.05, 0) is 50.5 Å². The van der Waals surface area contributed by atoms with Crippen LogP contribution in [0.1, 0.15) is 43.9 Å². The third kappa shape index (κ3) is 8.06. The minimum absolute atomic E-state index is 0.000765.